The fraction of sp³-hybridized carbons (Fsp3) is 1.00. The van der Waals surface area contributed by atoms with Crippen LogP contribution in [0.2, 0.25) is 0 Å². The van der Waals surface area contributed by atoms with E-state index in [-0.39, 0.29) is 12.1 Å². The zero-order chi connectivity index (χ0) is 12.2. The highest BCUT2D eigenvalue weighted by Crippen LogP contribution is 2.24. The second-order valence-corrected chi connectivity index (χ2v) is 6.41. The predicted octanol–water partition coefficient (Wildman–Crippen LogP) is 0.0812. The van der Waals surface area contributed by atoms with Crippen LogP contribution in [0.4, 0.5) is 0 Å². The molecule has 1 fully saturated rings. The Bertz CT molecular complexity index is 299. The zero-order valence-corrected chi connectivity index (χ0v) is 11.0. The normalized spacial score (nSPS) is 27.4. The molecule has 0 aromatic rings. The van der Waals surface area contributed by atoms with Crippen molar-refractivity contribution >= 4 is 10.0 Å². The summed E-state index contributed by atoms with van der Waals surface area (Å²) in [6.45, 7) is 4.82. The van der Waals surface area contributed by atoms with Crippen molar-refractivity contribution in [3.8, 4) is 0 Å². The summed E-state index contributed by atoms with van der Waals surface area (Å²) in [5.74, 6) is 0. The maximum absolute atomic E-state index is 11.8. The molecule has 1 aliphatic rings. The molecule has 0 aromatic heterocycles. The van der Waals surface area contributed by atoms with Gasteiger partial charge in [-0.05, 0) is 33.7 Å². The number of nitrogens with one attached hydrogen (secondary N) is 2. The molecular formula is C10H22N2O3S. The van der Waals surface area contributed by atoms with E-state index in [0.29, 0.717) is 13.2 Å². The quantitative estimate of drug-likeness (QED) is 0.671. The number of hydrogen-bond donors (Lipinski definition) is 2. The first-order chi connectivity index (χ1) is 7.49. The molecule has 1 saturated carbocycles. The van der Waals surface area contributed by atoms with E-state index in [0.717, 1.165) is 12.8 Å². The van der Waals surface area contributed by atoms with E-state index >= 15 is 0 Å². The van der Waals surface area contributed by atoms with Gasteiger partial charge in [-0.2, -0.15) is 0 Å². The highest BCUT2D eigenvalue weighted by molar-refractivity contribution is 7.90. The lowest BCUT2D eigenvalue weighted by Crippen LogP contribution is -2.51. The Morgan fingerprint density at radius 1 is 1.44 bits per heavy atom. The lowest BCUT2D eigenvalue weighted by atomic mass is 9.90. The molecule has 0 saturated heterocycles. The van der Waals surface area contributed by atoms with E-state index in [9.17, 15) is 8.42 Å². The van der Waals surface area contributed by atoms with Gasteiger partial charge < -0.3 is 10.1 Å². The van der Waals surface area contributed by atoms with Crippen molar-refractivity contribution < 1.29 is 13.2 Å². The van der Waals surface area contributed by atoms with Gasteiger partial charge in [0.05, 0.1) is 11.4 Å². The Morgan fingerprint density at radius 2 is 2.06 bits per heavy atom. The van der Waals surface area contributed by atoms with Crippen molar-refractivity contribution in [3.63, 3.8) is 0 Å². The Kier molecular flexibility index (Phi) is 5.17. The molecule has 0 heterocycles. The molecule has 2 N–H and O–H groups in total. The molecule has 6 heteroatoms. The lowest BCUT2D eigenvalue weighted by molar-refractivity contribution is -0.00480. The minimum atomic E-state index is -3.19. The van der Waals surface area contributed by atoms with Crippen LogP contribution in [-0.4, -0.2) is 46.0 Å². The van der Waals surface area contributed by atoms with E-state index in [2.05, 4.69) is 10.0 Å². The van der Waals surface area contributed by atoms with Gasteiger partial charge in [-0.3, -0.25) is 0 Å². The van der Waals surface area contributed by atoms with Crippen LogP contribution in [0, 0.1) is 0 Å². The molecule has 0 bridgehead atoms. The van der Waals surface area contributed by atoms with Crippen LogP contribution in [0.15, 0.2) is 0 Å². The molecule has 0 amide bonds. The van der Waals surface area contributed by atoms with Crippen LogP contribution < -0.4 is 10.0 Å². The summed E-state index contributed by atoms with van der Waals surface area (Å²) >= 11 is 0. The van der Waals surface area contributed by atoms with Gasteiger partial charge in [-0.25, -0.2) is 13.1 Å². The minimum absolute atomic E-state index is 0.0563. The van der Waals surface area contributed by atoms with Crippen molar-refractivity contribution in [2.24, 2.45) is 0 Å². The van der Waals surface area contributed by atoms with E-state index in [4.69, 9.17) is 4.74 Å². The molecule has 16 heavy (non-hydrogen) atoms. The van der Waals surface area contributed by atoms with Gasteiger partial charge in [0.1, 0.15) is 0 Å². The molecule has 0 aliphatic heterocycles. The zero-order valence-electron chi connectivity index (χ0n) is 10.2. The minimum Gasteiger partial charge on any atom is -0.378 e. The van der Waals surface area contributed by atoms with Crippen LogP contribution >= 0.6 is 0 Å². The van der Waals surface area contributed by atoms with Crippen molar-refractivity contribution in [1.29, 1.82) is 0 Å². The smallest absolute Gasteiger partial charge is 0.215 e. The Morgan fingerprint density at radius 3 is 2.56 bits per heavy atom. The average molecular weight is 250 g/mol. The summed E-state index contributed by atoms with van der Waals surface area (Å²) in [5.41, 5.74) is 0. The predicted molar refractivity (Wildman–Crippen MR) is 63.9 cm³/mol. The number of sulfonamides is 1. The summed E-state index contributed by atoms with van der Waals surface area (Å²) in [6.07, 6.45) is 1.82. The van der Waals surface area contributed by atoms with Crippen molar-refractivity contribution in [2.75, 3.05) is 20.2 Å². The van der Waals surface area contributed by atoms with Gasteiger partial charge in [0.2, 0.25) is 10.0 Å². The molecule has 96 valence electrons. The SMILES string of the molecule is CCOC1CC(NS(=O)(=O)C(C)CNC)C1. The van der Waals surface area contributed by atoms with Gasteiger partial charge in [0.25, 0.3) is 0 Å². The van der Waals surface area contributed by atoms with Gasteiger partial charge >= 0.3 is 0 Å². The Balaban J connectivity index is 2.33. The molecule has 0 aromatic carbocycles. The standard InChI is InChI=1S/C10H22N2O3S/c1-4-15-10-5-9(6-10)12-16(13,14)8(2)7-11-3/h8-12H,4-7H2,1-3H3. The topological polar surface area (TPSA) is 67.4 Å². The first-order valence-corrected chi connectivity index (χ1v) is 7.31. The van der Waals surface area contributed by atoms with Crippen LogP contribution in [-0.2, 0) is 14.8 Å². The van der Waals surface area contributed by atoms with Crippen LogP contribution in [0.25, 0.3) is 0 Å². The highest BCUT2D eigenvalue weighted by Gasteiger charge is 2.34. The number of rotatable bonds is 7. The second kappa shape index (κ2) is 5.95. The molecule has 0 radical (unpaired) electrons. The Hall–Kier alpha value is -0.170. The molecule has 1 atom stereocenters. The van der Waals surface area contributed by atoms with Crippen LogP contribution in [0.1, 0.15) is 26.7 Å². The van der Waals surface area contributed by atoms with E-state index in [1.54, 1.807) is 14.0 Å². The summed E-state index contributed by atoms with van der Waals surface area (Å²) in [6, 6.07) is 0.0563. The van der Waals surface area contributed by atoms with Gasteiger partial charge in [0.15, 0.2) is 0 Å². The van der Waals surface area contributed by atoms with Gasteiger partial charge in [-0.15, -0.1) is 0 Å². The summed E-state index contributed by atoms with van der Waals surface area (Å²) in [7, 11) is -1.44. The summed E-state index contributed by atoms with van der Waals surface area (Å²) in [4.78, 5) is 0. The molecule has 1 rings (SSSR count). The first kappa shape index (κ1) is 13.9. The van der Waals surface area contributed by atoms with Crippen molar-refractivity contribution in [1.82, 2.24) is 10.0 Å². The van der Waals surface area contributed by atoms with Gasteiger partial charge in [-0.1, -0.05) is 0 Å². The fourth-order valence-corrected chi connectivity index (χ4v) is 3.05. The van der Waals surface area contributed by atoms with E-state index in [1.165, 1.54) is 0 Å². The van der Waals surface area contributed by atoms with Crippen LogP contribution in [0.3, 0.4) is 0 Å². The lowest BCUT2D eigenvalue weighted by Gasteiger charge is -2.35. The largest absolute Gasteiger partial charge is 0.378 e. The van der Waals surface area contributed by atoms with Crippen molar-refractivity contribution in [2.45, 2.75) is 44.1 Å². The highest BCUT2D eigenvalue weighted by atomic mass is 32.2. The summed E-state index contributed by atoms with van der Waals surface area (Å²) < 4.78 is 31.7. The molecule has 0 spiro atoms. The van der Waals surface area contributed by atoms with Crippen LogP contribution in [0.5, 0.6) is 0 Å². The fourth-order valence-electron chi connectivity index (χ4n) is 1.78. The third kappa shape index (κ3) is 3.69. The molecule has 1 unspecified atom stereocenters. The average Bonchev–Trinajstić information content (AvgIpc) is 2.15. The molecule has 1 aliphatic carbocycles. The van der Waals surface area contributed by atoms with E-state index in [1.807, 2.05) is 6.92 Å². The second-order valence-electron chi connectivity index (χ2n) is 4.28. The number of ether oxygens (including phenoxy) is 1. The third-order valence-corrected chi connectivity index (χ3v) is 4.74. The Labute approximate surface area is 98.0 Å². The molecular weight excluding hydrogens is 228 g/mol. The number of hydrogen-bond acceptors (Lipinski definition) is 4. The monoisotopic (exact) mass is 250 g/mol. The third-order valence-electron chi connectivity index (χ3n) is 2.85. The summed E-state index contributed by atoms with van der Waals surface area (Å²) in [5, 5.41) is 2.47. The van der Waals surface area contributed by atoms with Crippen molar-refractivity contribution in [3.05, 3.63) is 0 Å². The maximum atomic E-state index is 11.8. The van der Waals surface area contributed by atoms with Gasteiger partial charge in [0, 0.05) is 19.2 Å². The first-order valence-electron chi connectivity index (χ1n) is 5.77. The maximum Gasteiger partial charge on any atom is 0.215 e. The molecule has 5 nitrogen and oxygen atoms in total. The van der Waals surface area contributed by atoms with E-state index < -0.39 is 15.3 Å².